The van der Waals surface area contributed by atoms with Crippen molar-refractivity contribution in [1.82, 2.24) is 0 Å². The highest BCUT2D eigenvalue weighted by Crippen LogP contribution is 2.27. The Labute approximate surface area is 89.7 Å². The van der Waals surface area contributed by atoms with Crippen LogP contribution in [0.25, 0.3) is 0 Å². The molecule has 0 aliphatic carbocycles. The number of carbonyl (C=O) groups excluding carboxylic acids is 1. The standard InChI is InChI=1S/C12H15NO2/c1-13-11-5-3-9(8-15-2)7-10(11)4-6-12(13)14/h3,5,7H,4,6,8H2,1-2H3. The number of methoxy groups -OCH3 is 1. The summed E-state index contributed by atoms with van der Waals surface area (Å²) in [5.74, 6) is 0.196. The fraction of sp³-hybridized carbons (Fsp3) is 0.417. The first-order chi connectivity index (χ1) is 7.22. The number of benzene rings is 1. The largest absolute Gasteiger partial charge is 0.380 e. The molecule has 0 aromatic heterocycles. The molecule has 0 fully saturated rings. The number of ether oxygens (including phenoxy) is 1. The van der Waals surface area contributed by atoms with Gasteiger partial charge in [-0.2, -0.15) is 0 Å². The summed E-state index contributed by atoms with van der Waals surface area (Å²) in [6, 6.07) is 6.14. The van der Waals surface area contributed by atoms with Crippen molar-refractivity contribution in [2.24, 2.45) is 0 Å². The number of rotatable bonds is 2. The maximum Gasteiger partial charge on any atom is 0.227 e. The molecule has 0 saturated carbocycles. The summed E-state index contributed by atoms with van der Waals surface area (Å²) in [4.78, 5) is 13.2. The van der Waals surface area contributed by atoms with Gasteiger partial charge in [0, 0.05) is 26.3 Å². The van der Waals surface area contributed by atoms with Gasteiger partial charge < -0.3 is 9.64 Å². The zero-order valence-corrected chi connectivity index (χ0v) is 9.12. The molecule has 1 aromatic carbocycles. The molecule has 0 N–H and O–H groups in total. The number of hydrogen-bond acceptors (Lipinski definition) is 2. The van der Waals surface area contributed by atoms with E-state index in [1.807, 2.05) is 19.2 Å². The molecule has 1 aliphatic rings. The molecule has 1 amide bonds. The molecule has 1 aromatic rings. The van der Waals surface area contributed by atoms with Gasteiger partial charge in [0.25, 0.3) is 0 Å². The minimum atomic E-state index is 0.196. The van der Waals surface area contributed by atoms with Crippen LogP contribution < -0.4 is 4.90 Å². The fourth-order valence-electron chi connectivity index (χ4n) is 1.97. The van der Waals surface area contributed by atoms with Gasteiger partial charge in [-0.05, 0) is 23.6 Å². The van der Waals surface area contributed by atoms with Crippen LogP contribution in [-0.2, 0) is 22.6 Å². The Hall–Kier alpha value is -1.35. The molecule has 1 aliphatic heterocycles. The van der Waals surface area contributed by atoms with Crippen molar-refractivity contribution in [3.63, 3.8) is 0 Å². The van der Waals surface area contributed by atoms with Crippen LogP contribution in [-0.4, -0.2) is 20.1 Å². The summed E-state index contributed by atoms with van der Waals surface area (Å²) in [6.45, 7) is 0.630. The average Bonchev–Trinajstić information content (AvgIpc) is 2.24. The summed E-state index contributed by atoms with van der Waals surface area (Å²) in [5, 5.41) is 0. The first-order valence-electron chi connectivity index (χ1n) is 5.09. The summed E-state index contributed by atoms with van der Waals surface area (Å²) in [6.07, 6.45) is 1.45. The topological polar surface area (TPSA) is 29.5 Å². The molecule has 0 atom stereocenters. The van der Waals surface area contributed by atoms with Crippen molar-refractivity contribution in [2.75, 3.05) is 19.1 Å². The smallest absolute Gasteiger partial charge is 0.227 e. The Morgan fingerprint density at radius 1 is 1.40 bits per heavy atom. The summed E-state index contributed by atoms with van der Waals surface area (Å²) < 4.78 is 5.09. The van der Waals surface area contributed by atoms with Crippen LogP contribution in [0.5, 0.6) is 0 Å². The number of amides is 1. The van der Waals surface area contributed by atoms with E-state index in [4.69, 9.17) is 4.74 Å². The summed E-state index contributed by atoms with van der Waals surface area (Å²) >= 11 is 0. The second-order valence-electron chi connectivity index (χ2n) is 3.85. The minimum Gasteiger partial charge on any atom is -0.380 e. The van der Waals surface area contributed by atoms with Gasteiger partial charge in [0.1, 0.15) is 0 Å². The van der Waals surface area contributed by atoms with E-state index in [2.05, 4.69) is 6.07 Å². The van der Waals surface area contributed by atoms with Gasteiger partial charge in [0.05, 0.1) is 6.61 Å². The zero-order chi connectivity index (χ0) is 10.8. The van der Waals surface area contributed by atoms with E-state index in [1.165, 1.54) is 11.1 Å². The monoisotopic (exact) mass is 205 g/mol. The third-order valence-corrected chi connectivity index (χ3v) is 2.80. The Kier molecular flexibility index (Phi) is 2.73. The highest BCUT2D eigenvalue weighted by atomic mass is 16.5. The van der Waals surface area contributed by atoms with Crippen LogP contribution in [0.15, 0.2) is 18.2 Å². The number of carbonyl (C=O) groups is 1. The fourth-order valence-corrected chi connectivity index (χ4v) is 1.97. The van der Waals surface area contributed by atoms with Gasteiger partial charge in [-0.3, -0.25) is 4.79 Å². The van der Waals surface area contributed by atoms with Gasteiger partial charge in [-0.15, -0.1) is 0 Å². The SMILES string of the molecule is COCc1ccc2c(c1)CCC(=O)N2C. The van der Waals surface area contributed by atoms with E-state index in [0.29, 0.717) is 13.0 Å². The minimum absolute atomic E-state index is 0.196. The molecular formula is C12H15NO2. The van der Waals surface area contributed by atoms with Crippen LogP contribution in [0, 0.1) is 0 Å². The van der Waals surface area contributed by atoms with Gasteiger partial charge in [-0.25, -0.2) is 0 Å². The van der Waals surface area contributed by atoms with E-state index in [9.17, 15) is 4.79 Å². The molecule has 2 rings (SSSR count). The number of anilines is 1. The van der Waals surface area contributed by atoms with E-state index in [-0.39, 0.29) is 5.91 Å². The van der Waals surface area contributed by atoms with Crippen molar-refractivity contribution in [3.8, 4) is 0 Å². The quantitative estimate of drug-likeness (QED) is 0.736. The zero-order valence-electron chi connectivity index (χ0n) is 9.12. The van der Waals surface area contributed by atoms with Gasteiger partial charge in [-0.1, -0.05) is 12.1 Å². The highest BCUT2D eigenvalue weighted by molar-refractivity contribution is 5.95. The molecule has 3 nitrogen and oxygen atoms in total. The maximum atomic E-state index is 11.5. The molecule has 3 heteroatoms. The second-order valence-corrected chi connectivity index (χ2v) is 3.85. The molecule has 15 heavy (non-hydrogen) atoms. The number of fused-ring (bicyclic) bond motifs is 1. The number of hydrogen-bond donors (Lipinski definition) is 0. The molecule has 0 spiro atoms. The Morgan fingerprint density at radius 2 is 2.20 bits per heavy atom. The van der Waals surface area contributed by atoms with Crippen molar-refractivity contribution < 1.29 is 9.53 Å². The Bertz CT molecular complexity index is 387. The predicted octanol–water partition coefficient (Wildman–Crippen LogP) is 1.74. The van der Waals surface area contributed by atoms with Crippen LogP contribution >= 0.6 is 0 Å². The molecular weight excluding hydrogens is 190 g/mol. The van der Waals surface area contributed by atoms with Crippen molar-refractivity contribution >= 4 is 11.6 Å². The lowest BCUT2D eigenvalue weighted by Gasteiger charge is -2.26. The third-order valence-electron chi connectivity index (χ3n) is 2.80. The van der Waals surface area contributed by atoms with Crippen molar-refractivity contribution in [1.29, 1.82) is 0 Å². The van der Waals surface area contributed by atoms with Crippen molar-refractivity contribution in [3.05, 3.63) is 29.3 Å². The summed E-state index contributed by atoms with van der Waals surface area (Å²) in [7, 11) is 3.52. The normalized spacial score (nSPS) is 15.3. The summed E-state index contributed by atoms with van der Waals surface area (Å²) in [5.41, 5.74) is 3.44. The first-order valence-corrected chi connectivity index (χ1v) is 5.09. The lowest BCUT2D eigenvalue weighted by molar-refractivity contribution is -0.118. The van der Waals surface area contributed by atoms with Gasteiger partial charge in [0.2, 0.25) is 5.91 Å². The average molecular weight is 205 g/mol. The van der Waals surface area contributed by atoms with E-state index >= 15 is 0 Å². The third kappa shape index (κ3) is 1.88. The Morgan fingerprint density at radius 3 is 2.93 bits per heavy atom. The van der Waals surface area contributed by atoms with E-state index in [1.54, 1.807) is 12.0 Å². The van der Waals surface area contributed by atoms with Gasteiger partial charge >= 0.3 is 0 Å². The van der Waals surface area contributed by atoms with Gasteiger partial charge in [0.15, 0.2) is 0 Å². The molecule has 0 radical (unpaired) electrons. The van der Waals surface area contributed by atoms with Crippen LogP contribution in [0.3, 0.4) is 0 Å². The highest BCUT2D eigenvalue weighted by Gasteiger charge is 2.20. The lowest BCUT2D eigenvalue weighted by atomic mass is 9.99. The molecule has 80 valence electrons. The molecule has 0 unspecified atom stereocenters. The second kappa shape index (κ2) is 4.03. The van der Waals surface area contributed by atoms with Crippen LogP contribution in [0.1, 0.15) is 17.5 Å². The first kappa shape index (κ1) is 10.2. The van der Waals surface area contributed by atoms with Crippen molar-refractivity contribution in [2.45, 2.75) is 19.4 Å². The number of nitrogens with zero attached hydrogens (tertiary/aromatic N) is 1. The maximum absolute atomic E-state index is 11.5. The molecule has 1 heterocycles. The van der Waals surface area contributed by atoms with E-state index in [0.717, 1.165) is 12.1 Å². The predicted molar refractivity (Wildman–Crippen MR) is 58.9 cm³/mol. The Balaban J connectivity index is 2.34. The molecule has 0 bridgehead atoms. The van der Waals surface area contributed by atoms with E-state index < -0.39 is 0 Å². The number of aryl methyl sites for hydroxylation is 1. The van der Waals surface area contributed by atoms with Crippen LogP contribution in [0.4, 0.5) is 5.69 Å². The van der Waals surface area contributed by atoms with Crippen LogP contribution in [0.2, 0.25) is 0 Å². The molecule has 0 saturated heterocycles. The lowest BCUT2D eigenvalue weighted by Crippen LogP contribution is -2.31.